The van der Waals surface area contributed by atoms with E-state index in [9.17, 15) is 0 Å². The maximum Gasteiger partial charge on any atom is 0.296 e. The number of pyridine rings is 1. The Labute approximate surface area is 114 Å². The lowest BCUT2D eigenvalue weighted by molar-refractivity contribution is -0.923. The van der Waals surface area contributed by atoms with Gasteiger partial charge in [0.1, 0.15) is 13.2 Å². The van der Waals surface area contributed by atoms with Gasteiger partial charge in [-0.2, -0.15) is 4.98 Å². The Kier molecular flexibility index (Phi) is 4.37. The van der Waals surface area contributed by atoms with E-state index in [-0.39, 0.29) is 0 Å². The van der Waals surface area contributed by atoms with Crippen molar-refractivity contribution in [3.8, 4) is 6.01 Å². The van der Waals surface area contributed by atoms with Gasteiger partial charge < -0.3 is 14.2 Å². The number of aromatic nitrogens is 3. The second kappa shape index (κ2) is 6.02. The van der Waals surface area contributed by atoms with Crippen LogP contribution >= 0.6 is 0 Å². The summed E-state index contributed by atoms with van der Waals surface area (Å²) < 4.78 is 6.81. The third-order valence-electron chi connectivity index (χ3n) is 4.05. The molecule has 0 atom stereocenters. The first-order valence-electron chi connectivity index (χ1n) is 7.01. The lowest BCUT2D eigenvalue weighted by atomic mass is 10.3. The smallest absolute Gasteiger partial charge is 0.296 e. The molecule has 104 valence electrons. The molecule has 0 aliphatic carbocycles. The number of nitrogens with one attached hydrogen (secondary N) is 1. The molecule has 0 radical (unpaired) electrons. The van der Waals surface area contributed by atoms with Crippen molar-refractivity contribution in [2.45, 2.75) is 20.8 Å². The molecule has 19 heavy (non-hydrogen) atoms. The fourth-order valence-electron chi connectivity index (χ4n) is 2.37. The molecular formula is C14H23N4O+. The topological polar surface area (TPSA) is 50.8 Å². The second-order valence-electron chi connectivity index (χ2n) is 4.78. The minimum Gasteiger partial charge on any atom is -0.459 e. The Morgan fingerprint density at radius 2 is 1.95 bits per heavy atom. The molecule has 0 saturated carbocycles. The van der Waals surface area contributed by atoms with Crippen molar-refractivity contribution < 1.29 is 9.22 Å². The molecule has 0 aliphatic heterocycles. The van der Waals surface area contributed by atoms with Crippen molar-refractivity contribution in [2.75, 3.05) is 32.8 Å². The van der Waals surface area contributed by atoms with Crippen molar-refractivity contribution in [3.63, 3.8) is 0 Å². The van der Waals surface area contributed by atoms with Gasteiger partial charge in [0.2, 0.25) is 0 Å². The predicted octanol–water partition coefficient (Wildman–Crippen LogP) is 2.21. The van der Waals surface area contributed by atoms with Gasteiger partial charge in [-0.05, 0) is 32.9 Å². The highest BCUT2D eigenvalue weighted by atomic mass is 16.5. The number of fused-ring (bicyclic) bond motifs is 1. The molecular weight excluding hydrogens is 240 g/mol. The summed E-state index contributed by atoms with van der Waals surface area (Å²) >= 11 is 0. The van der Waals surface area contributed by atoms with Crippen molar-refractivity contribution in [1.29, 1.82) is 0 Å². The number of hydrogen-bond donors (Lipinski definition) is 1. The number of H-pyrrole nitrogens is 1. The zero-order valence-electron chi connectivity index (χ0n) is 12.0. The zero-order chi connectivity index (χ0) is 13.7. The Balaban J connectivity index is 1.95. The Morgan fingerprint density at radius 1 is 1.21 bits per heavy atom. The van der Waals surface area contributed by atoms with Gasteiger partial charge in [-0.15, -0.1) is 0 Å². The van der Waals surface area contributed by atoms with E-state index in [0.717, 1.165) is 36.2 Å². The van der Waals surface area contributed by atoms with Crippen LogP contribution in [0.1, 0.15) is 20.8 Å². The number of quaternary nitrogens is 1. The Bertz CT molecular complexity index is 478. The lowest BCUT2D eigenvalue weighted by Crippen LogP contribution is -2.49. The van der Waals surface area contributed by atoms with E-state index < -0.39 is 0 Å². The van der Waals surface area contributed by atoms with E-state index in [4.69, 9.17) is 4.74 Å². The number of ether oxygens (including phenoxy) is 1. The standard InChI is InChI=1S/C14H23N4O/c1-4-18(5-2,6-3)10-11-19-14-16-12-8-7-9-15-13(12)17-14/h7-9H,4-6,10-11H2,1-3H3,(H,15,16,17)/q+1. The number of aromatic amines is 1. The first-order chi connectivity index (χ1) is 9.23. The molecule has 0 fully saturated rings. The van der Waals surface area contributed by atoms with Crippen LogP contribution in [0.15, 0.2) is 18.3 Å². The minimum atomic E-state index is 0.565. The van der Waals surface area contributed by atoms with Crippen molar-refractivity contribution >= 4 is 11.2 Å². The van der Waals surface area contributed by atoms with Gasteiger partial charge in [-0.1, -0.05) is 0 Å². The average Bonchev–Trinajstić information content (AvgIpc) is 2.87. The monoisotopic (exact) mass is 263 g/mol. The highest BCUT2D eigenvalue weighted by molar-refractivity contribution is 5.70. The van der Waals surface area contributed by atoms with Gasteiger partial charge in [-0.3, -0.25) is 0 Å². The fraction of sp³-hybridized carbons (Fsp3) is 0.571. The van der Waals surface area contributed by atoms with Crippen LogP contribution in [0.3, 0.4) is 0 Å². The van der Waals surface area contributed by atoms with Crippen LogP contribution in [-0.4, -0.2) is 52.2 Å². The number of imidazole rings is 1. The predicted molar refractivity (Wildman–Crippen MR) is 76.1 cm³/mol. The highest BCUT2D eigenvalue weighted by Crippen LogP contribution is 2.13. The molecule has 0 saturated heterocycles. The summed E-state index contributed by atoms with van der Waals surface area (Å²) in [6.45, 7) is 11.8. The van der Waals surface area contributed by atoms with Crippen molar-refractivity contribution in [1.82, 2.24) is 15.0 Å². The quantitative estimate of drug-likeness (QED) is 0.779. The maximum absolute atomic E-state index is 5.73. The highest BCUT2D eigenvalue weighted by Gasteiger charge is 2.20. The molecule has 0 unspecified atom stereocenters. The first kappa shape index (κ1) is 13.8. The summed E-state index contributed by atoms with van der Waals surface area (Å²) in [6.07, 6.45) is 1.74. The molecule has 0 aliphatic rings. The van der Waals surface area contributed by atoms with Crippen molar-refractivity contribution in [3.05, 3.63) is 18.3 Å². The third kappa shape index (κ3) is 3.04. The van der Waals surface area contributed by atoms with Crippen LogP contribution in [0, 0.1) is 0 Å². The summed E-state index contributed by atoms with van der Waals surface area (Å²) in [5.41, 5.74) is 1.62. The van der Waals surface area contributed by atoms with Gasteiger partial charge in [0, 0.05) is 6.20 Å². The Morgan fingerprint density at radius 3 is 2.58 bits per heavy atom. The molecule has 0 aromatic carbocycles. The minimum absolute atomic E-state index is 0.565. The summed E-state index contributed by atoms with van der Waals surface area (Å²) in [5, 5.41) is 0. The lowest BCUT2D eigenvalue weighted by Gasteiger charge is -2.35. The first-order valence-corrected chi connectivity index (χ1v) is 7.01. The van der Waals surface area contributed by atoms with Crippen LogP contribution in [0.2, 0.25) is 0 Å². The van der Waals surface area contributed by atoms with Gasteiger partial charge in [0.05, 0.1) is 25.2 Å². The van der Waals surface area contributed by atoms with Gasteiger partial charge >= 0.3 is 0 Å². The van der Waals surface area contributed by atoms with Crippen molar-refractivity contribution in [2.24, 2.45) is 0 Å². The van der Waals surface area contributed by atoms with Gasteiger partial charge in [-0.25, -0.2) is 4.98 Å². The molecule has 1 N–H and O–H groups in total. The molecule has 5 nitrogen and oxygen atoms in total. The Hall–Kier alpha value is -1.62. The largest absolute Gasteiger partial charge is 0.459 e. The normalized spacial score (nSPS) is 11.9. The third-order valence-corrected chi connectivity index (χ3v) is 4.05. The molecule has 0 spiro atoms. The van der Waals surface area contributed by atoms with E-state index in [1.807, 2.05) is 12.1 Å². The van der Waals surface area contributed by atoms with Crippen LogP contribution in [-0.2, 0) is 0 Å². The number of nitrogens with zero attached hydrogens (tertiary/aromatic N) is 3. The summed E-state index contributed by atoms with van der Waals surface area (Å²) in [6, 6.07) is 4.40. The molecule has 5 heteroatoms. The molecule has 2 rings (SSSR count). The molecule has 2 heterocycles. The summed E-state index contributed by atoms with van der Waals surface area (Å²) in [5.74, 6) is 0. The number of rotatable bonds is 7. The van der Waals surface area contributed by atoms with Gasteiger partial charge in [0.15, 0.2) is 5.65 Å². The van der Waals surface area contributed by atoms with E-state index in [0.29, 0.717) is 18.3 Å². The maximum atomic E-state index is 5.73. The second-order valence-corrected chi connectivity index (χ2v) is 4.78. The van der Waals surface area contributed by atoms with Crippen LogP contribution in [0.5, 0.6) is 6.01 Å². The summed E-state index contributed by atoms with van der Waals surface area (Å²) in [7, 11) is 0. The van der Waals surface area contributed by atoms with E-state index in [1.54, 1.807) is 6.20 Å². The SMILES string of the molecule is CC[N+](CC)(CC)CCOc1nc2ncccc2[nH]1. The van der Waals surface area contributed by atoms with Crippen LogP contribution in [0.25, 0.3) is 11.2 Å². The van der Waals surface area contributed by atoms with Crippen LogP contribution in [0.4, 0.5) is 0 Å². The zero-order valence-corrected chi connectivity index (χ0v) is 12.0. The van der Waals surface area contributed by atoms with Crippen LogP contribution < -0.4 is 4.74 Å². The molecule has 2 aromatic rings. The fourth-order valence-corrected chi connectivity index (χ4v) is 2.37. The number of hydrogen-bond acceptors (Lipinski definition) is 3. The van der Waals surface area contributed by atoms with E-state index in [2.05, 4.69) is 35.7 Å². The average molecular weight is 263 g/mol. The van der Waals surface area contributed by atoms with E-state index in [1.165, 1.54) is 0 Å². The number of likely N-dealkylation sites (N-methyl/N-ethyl adjacent to an activating group) is 1. The summed E-state index contributed by atoms with van der Waals surface area (Å²) in [4.78, 5) is 11.6. The molecule has 2 aromatic heterocycles. The molecule has 0 bridgehead atoms. The molecule has 0 amide bonds. The van der Waals surface area contributed by atoms with Gasteiger partial charge in [0.25, 0.3) is 6.01 Å². The van der Waals surface area contributed by atoms with E-state index >= 15 is 0 Å².